The zero-order valence-electron chi connectivity index (χ0n) is 20.3. The highest BCUT2D eigenvalue weighted by atomic mass is 16.5. The van der Waals surface area contributed by atoms with Gasteiger partial charge in [-0.1, -0.05) is 30.3 Å². The molecule has 2 heterocycles. The van der Waals surface area contributed by atoms with Gasteiger partial charge in [0.2, 0.25) is 18.3 Å². The molecule has 1 saturated heterocycles. The fourth-order valence-electron chi connectivity index (χ4n) is 4.20. The molecule has 2 amide bonds. The average molecular weight is 477 g/mol. The third-order valence-electron chi connectivity index (χ3n) is 6.22. The Labute approximate surface area is 205 Å². The third kappa shape index (κ3) is 6.11. The summed E-state index contributed by atoms with van der Waals surface area (Å²) >= 11 is 0. The number of benzene rings is 2. The maximum atomic E-state index is 11.7. The lowest BCUT2D eigenvalue weighted by Crippen LogP contribution is -2.47. The lowest BCUT2D eigenvalue weighted by atomic mass is 10.2. The summed E-state index contributed by atoms with van der Waals surface area (Å²) in [6.07, 6.45) is 2.67. The number of imide groups is 1. The number of amides is 2. The minimum Gasteiger partial charge on any atom is -0.497 e. The molecule has 0 atom stereocenters. The molecule has 1 N–H and O–H groups in total. The molecule has 0 unspecified atom stereocenters. The standard InChI is InChI=1S/C26H32N6O3/c1-29(13-12-25(34)27-20-33)24-19-32(18-21-6-4-3-5-7-21)26(28-24)31-16-14-30(15-17-31)22-8-10-23(35-2)11-9-22/h3-11,19-20H,12-18H2,1-2H3,(H,27,33,34). The Morgan fingerprint density at radius 2 is 1.74 bits per heavy atom. The highest BCUT2D eigenvalue weighted by Crippen LogP contribution is 2.25. The number of rotatable bonds is 10. The maximum absolute atomic E-state index is 11.7. The van der Waals surface area contributed by atoms with Gasteiger partial charge in [0.1, 0.15) is 11.6 Å². The van der Waals surface area contributed by atoms with E-state index in [9.17, 15) is 9.59 Å². The Balaban J connectivity index is 1.48. The smallest absolute Gasteiger partial charge is 0.228 e. The fraction of sp³-hybridized carbons (Fsp3) is 0.346. The third-order valence-corrected chi connectivity index (χ3v) is 6.22. The first-order chi connectivity index (χ1) is 17.1. The predicted molar refractivity (Wildman–Crippen MR) is 137 cm³/mol. The first-order valence-electron chi connectivity index (χ1n) is 11.8. The second-order valence-corrected chi connectivity index (χ2v) is 8.54. The Kier molecular flexibility index (Phi) is 7.87. The number of aromatic nitrogens is 2. The number of carbonyl (C=O) groups is 2. The van der Waals surface area contributed by atoms with Crippen molar-refractivity contribution in [2.75, 3.05) is 61.6 Å². The van der Waals surface area contributed by atoms with Gasteiger partial charge in [-0.05, 0) is 29.8 Å². The van der Waals surface area contributed by atoms with Gasteiger partial charge in [0.05, 0.1) is 19.9 Å². The van der Waals surface area contributed by atoms with Crippen molar-refractivity contribution in [1.82, 2.24) is 14.9 Å². The molecular weight excluding hydrogens is 444 g/mol. The van der Waals surface area contributed by atoms with E-state index in [0.717, 1.165) is 43.7 Å². The predicted octanol–water partition coefficient (Wildman–Crippen LogP) is 2.37. The van der Waals surface area contributed by atoms with Crippen molar-refractivity contribution >= 4 is 29.8 Å². The molecule has 0 spiro atoms. The molecule has 0 saturated carbocycles. The van der Waals surface area contributed by atoms with Gasteiger partial charge in [0.15, 0.2) is 0 Å². The molecule has 9 nitrogen and oxygen atoms in total. The molecule has 1 aromatic heterocycles. The van der Waals surface area contributed by atoms with Crippen LogP contribution in [0.1, 0.15) is 12.0 Å². The van der Waals surface area contributed by atoms with Gasteiger partial charge in [-0.3, -0.25) is 14.9 Å². The number of methoxy groups -OCH3 is 1. The van der Waals surface area contributed by atoms with E-state index in [0.29, 0.717) is 19.5 Å². The molecule has 0 aliphatic carbocycles. The van der Waals surface area contributed by atoms with Gasteiger partial charge in [-0.2, -0.15) is 4.98 Å². The van der Waals surface area contributed by atoms with E-state index in [1.807, 2.05) is 48.5 Å². The van der Waals surface area contributed by atoms with Crippen molar-refractivity contribution < 1.29 is 14.3 Å². The molecule has 9 heteroatoms. The zero-order valence-corrected chi connectivity index (χ0v) is 20.3. The van der Waals surface area contributed by atoms with Crippen molar-refractivity contribution in [1.29, 1.82) is 0 Å². The number of hydrogen-bond donors (Lipinski definition) is 1. The molecule has 184 valence electrons. The molecule has 0 radical (unpaired) electrons. The highest BCUT2D eigenvalue weighted by molar-refractivity contribution is 5.86. The first-order valence-corrected chi connectivity index (χ1v) is 11.8. The largest absolute Gasteiger partial charge is 0.497 e. The van der Waals surface area contributed by atoms with Crippen LogP contribution in [-0.4, -0.2) is 68.7 Å². The van der Waals surface area contributed by atoms with Crippen LogP contribution in [0.3, 0.4) is 0 Å². The SMILES string of the molecule is COc1ccc(N2CCN(c3nc(N(C)CCC(=O)NC=O)cn3Cc3ccccc3)CC2)cc1. The molecule has 35 heavy (non-hydrogen) atoms. The van der Waals surface area contributed by atoms with E-state index < -0.39 is 0 Å². The summed E-state index contributed by atoms with van der Waals surface area (Å²) in [7, 11) is 3.59. The number of nitrogens with one attached hydrogen (secondary N) is 1. The Hall–Kier alpha value is -4.01. The Morgan fingerprint density at radius 1 is 1.06 bits per heavy atom. The second kappa shape index (κ2) is 11.4. The zero-order chi connectivity index (χ0) is 24.6. The van der Waals surface area contributed by atoms with E-state index in [2.05, 4.69) is 43.9 Å². The van der Waals surface area contributed by atoms with E-state index in [1.165, 1.54) is 11.3 Å². The summed E-state index contributed by atoms with van der Waals surface area (Å²) in [5.74, 6) is 2.27. The maximum Gasteiger partial charge on any atom is 0.228 e. The number of carbonyl (C=O) groups excluding carboxylic acids is 2. The molecule has 2 aromatic carbocycles. The second-order valence-electron chi connectivity index (χ2n) is 8.54. The van der Waals surface area contributed by atoms with E-state index in [1.54, 1.807) is 7.11 Å². The van der Waals surface area contributed by atoms with E-state index in [-0.39, 0.29) is 12.3 Å². The number of hydrogen-bond acceptors (Lipinski definition) is 7. The van der Waals surface area contributed by atoms with Gasteiger partial charge >= 0.3 is 0 Å². The van der Waals surface area contributed by atoms with Gasteiger partial charge in [0.25, 0.3) is 0 Å². The van der Waals surface area contributed by atoms with Crippen LogP contribution in [-0.2, 0) is 16.1 Å². The van der Waals surface area contributed by atoms with Gasteiger partial charge < -0.3 is 24.0 Å². The lowest BCUT2D eigenvalue weighted by molar-refractivity contribution is -0.125. The van der Waals surface area contributed by atoms with Crippen molar-refractivity contribution in [3.05, 3.63) is 66.4 Å². The Bertz CT molecular complexity index is 1110. The van der Waals surface area contributed by atoms with Crippen molar-refractivity contribution in [2.24, 2.45) is 0 Å². The lowest BCUT2D eigenvalue weighted by Gasteiger charge is -2.36. The summed E-state index contributed by atoms with van der Waals surface area (Å²) in [5.41, 5.74) is 2.38. The Morgan fingerprint density at radius 3 is 2.40 bits per heavy atom. The molecule has 4 rings (SSSR count). The minimum atomic E-state index is -0.301. The molecule has 1 fully saturated rings. The molecule has 1 aliphatic rings. The minimum absolute atomic E-state index is 0.219. The normalized spacial score (nSPS) is 13.4. The van der Waals surface area contributed by atoms with Gasteiger partial charge in [-0.25, -0.2) is 0 Å². The monoisotopic (exact) mass is 476 g/mol. The van der Waals surface area contributed by atoms with Crippen molar-refractivity contribution in [3.63, 3.8) is 0 Å². The van der Waals surface area contributed by atoms with Crippen LogP contribution in [0.5, 0.6) is 5.75 Å². The number of anilines is 3. The highest BCUT2D eigenvalue weighted by Gasteiger charge is 2.23. The van der Waals surface area contributed by atoms with Crippen LogP contribution >= 0.6 is 0 Å². The summed E-state index contributed by atoms with van der Waals surface area (Å²) in [5, 5.41) is 2.19. The van der Waals surface area contributed by atoms with Crippen LogP contribution in [0.2, 0.25) is 0 Å². The number of ether oxygens (including phenoxy) is 1. The number of imidazole rings is 1. The molecule has 0 bridgehead atoms. The molecular formula is C26H32N6O3. The molecule has 1 aliphatic heterocycles. The van der Waals surface area contributed by atoms with Crippen LogP contribution in [0.25, 0.3) is 0 Å². The summed E-state index contributed by atoms with van der Waals surface area (Å²) in [6, 6.07) is 18.5. The summed E-state index contributed by atoms with van der Waals surface area (Å²) in [6.45, 7) is 4.66. The van der Waals surface area contributed by atoms with Gasteiger partial charge in [0, 0.05) is 51.9 Å². The van der Waals surface area contributed by atoms with Crippen molar-refractivity contribution in [3.8, 4) is 5.75 Å². The van der Waals surface area contributed by atoms with E-state index in [4.69, 9.17) is 9.72 Å². The quantitative estimate of drug-likeness (QED) is 0.450. The van der Waals surface area contributed by atoms with Crippen molar-refractivity contribution in [2.45, 2.75) is 13.0 Å². The number of nitrogens with zero attached hydrogens (tertiary/aromatic N) is 5. The number of piperazine rings is 1. The topological polar surface area (TPSA) is 82.9 Å². The van der Waals surface area contributed by atoms with Crippen LogP contribution in [0.4, 0.5) is 17.5 Å². The average Bonchev–Trinajstić information content (AvgIpc) is 3.32. The summed E-state index contributed by atoms with van der Waals surface area (Å²) < 4.78 is 7.45. The summed E-state index contributed by atoms with van der Waals surface area (Å²) in [4.78, 5) is 33.8. The molecule has 3 aromatic rings. The first kappa shape index (κ1) is 24.1. The van der Waals surface area contributed by atoms with Crippen LogP contribution in [0, 0.1) is 0 Å². The fourth-order valence-corrected chi connectivity index (χ4v) is 4.20. The van der Waals surface area contributed by atoms with Crippen LogP contribution in [0.15, 0.2) is 60.8 Å². The van der Waals surface area contributed by atoms with Crippen LogP contribution < -0.4 is 24.8 Å². The van der Waals surface area contributed by atoms with E-state index >= 15 is 0 Å². The van der Waals surface area contributed by atoms with Gasteiger partial charge in [-0.15, -0.1) is 0 Å².